The van der Waals surface area contributed by atoms with Gasteiger partial charge in [-0.25, -0.2) is 15.0 Å². The third-order valence-electron chi connectivity index (χ3n) is 4.06. The summed E-state index contributed by atoms with van der Waals surface area (Å²) < 4.78 is 7.55. The Hall–Kier alpha value is -4.00. The third-order valence-corrected chi connectivity index (χ3v) is 4.06. The number of hydrogen-bond donors (Lipinski definition) is 1. The lowest BCUT2D eigenvalue weighted by Crippen LogP contribution is -2.13. The van der Waals surface area contributed by atoms with Gasteiger partial charge in [-0.3, -0.25) is 9.36 Å². The molecule has 0 bridgehead atoms. The van der Waals surface area contributed by atoms with E-state index < -0.39 is 0 Å². The fraction of sp³-hybridized carbons (Fsp3) is 0.0476. The first kappa shape index (κ1) is 17.4. The summed E-state index contributed by atoms with van der Waals surface area (Å²) in [6.45, 7) is 1.87. The van der Waals surface area contributed by atoms with Crippen LogP contribution in [0.3, 0.4) is 0 Å². The number of carbonyl (C=O) groups is 1. The number of benzene rings is 2. The summed E-state index contributed by atoms with van der Waals surface area (Å²) in [6.07, 6.45) is 4.89. The maximum Gasteiger partial charge on any atom is 0.256 e. The van der Waals surface area contributed by atoms with Crippen molar-refractivity contribution in [2.24, 2.45) is 0 Å². The van der Waals surface area contributed by atoms with Crippen LogP contribution in [0.4, 0.5) is 5.82 Å². The minimum Gasteiger partial charge on any atom is -0.457 e. The van der Waals surface area contributed by atoms with Gasteiger partial charge in [-0.05, 0) is 43.3 Å². The molecule has 0 saturated carbocycles. The average molecular weight is 371 g/mol. The molecule has 1 amide bonds. The summed E-state index contributed by atoms with van der Waals surface area (Å²) in [4.78, 5) is 25.0. The summed E-state index contributed by atoms with van der Waals surface area (Å²) in [6, 6.07) is 18.1. The van der Waals surface area contributed by atoms with Gasteiger partial charge in [0.25, 0.3) is 5.91 Å². The summed E-state index contributed by atoms with van der Waals surface area (Å²) >= 11 is 0. The van der Waals surface area contributed by atoms with Gasteiger partial charge in [0.1, 0.15) is 35.3 Å². The molecule has 0 aliphatic carbocycles. The second-order valence-electron chi connectivity index (χ2n) is 6.00. The third kappa shape index (κ3) is 3.88. The molecule has 2 aromatic heterocycles. The first-order valence-electron chi connectivity index (χ1n) is 8.66. The lowest BCUT2D eigenvalue weighted by molar-refractivity contribution is 0.102. The Morgan fingerprint density at radius 3 is 2.43 bits per heavy atom. The van der Waals surface area contributed by atoms with Crippen LogP contribution in [0.2, 0.25) is 0 Å². The molecule has 7 heteroatoms. The van der Waals surface area contributed by atoms with E-state index in [0.29, 0.717) is 22.9 Å². The minimum absolute atomic E-state index is 0.265. The summed E-state index contributed by atoms with van der Waals surface area (Å²) in [7, 11) is 0. The minimum atomic E-state index is -0.265. The van der Waals surface area contributed by atoms with Gasteiger partial charge in [-0.15, -0.1) is 0 Å². The van der Waals surface area contributed by atoms with Crippen LogP contribution >= 0.6 is 0 Å². The van der Waals surface area contributed by atoms with E-state index in [2.05, 4.69) is 20.3 Å². The Morgan fingerprint density at radius 2 is 1.71 bits per heavy atom. The quantitative estimate of drug-likeness (QED) is 0.573. The second kappa shape index (κ2) is 7.71. The predicted molar refractivity (Wildman–Crippen MR) is 105 cm³/mol. The van der Waals surface area contributed by atoms with Gasteiger partial charge in [0.05, 0.1) is 0 Å². The zero-order chi connectivity index (χ0) is 19.3. The molecule has 0 spiro atoms. The zero-order valence-corrected chi connectivity index (χ0v) is 15.1. The van der Waals surface area contributed by atoms with Crippen LogP contribution in [-0.4, -0.2) is 25.4 Å². The number of hydrogen-bond acceptors (Lipinski definition) is 5. The van der Waals surface area contributed by atoms with Crippen molar-refractivity contribution in [2.45, 2.75) is 6.92 Å². The number of rotatable bonds is 5. The summed E-state index contributed by atoms with van der Waals surface area (Å²) in [5, 5.41) is 2.78. The molecule has 0 fully saturated rings. The number of anilines is 1. The molecule has 0 saturated heterocycles. The van der Waals surface area contributed by atoms with Crippen LogP contribution in [0.5, 0.6) is 11.5 Å². The van der Waals surface area contributed by atoms with Crippen LogP contribution in [0.15, 0.2) is 79.4 Å². The highest BCUT2D eigenvalue weighted by Crippen LogP contribution is 2.21. The number of nitrogens with zero attached hydrogens (tertiary/aromatic N) is 4. The molecule has 0 aliphatic rings. The van der Waals surface area contributed by atoms with Crippen LogP contribution in [0.25, 0.3) is 5.82 Å². The number of carbonyl (C=O) groups excluding carboxylic acids is 1. The van der Waals surface area contributed by atoms with E-state index in [9.17, 15) is 4.79 Å². The van der Waals surface area contributed by atoms with Crippen molar-refractivity contribution in [3.05, 3.63) is 90.8 Å². The molecule has 7 nitrogen and oxygen atoms in total. The van der Waals surface area contributed by atoms with Crippen molar-refractivity contribution in [1.82, 2.24) is 19.5 Å². The van der Waals surface area contributed by atoms with E-state index in [0.717, 1.165) is 11.6 Å². The van der Waals surface area contributed by atoms with Crippen LogP contribution in [0, 0.1) is 6.92 Å². The second-order valence-corrected chi connectivity index (χ2v) is 6.00. The molecule has 0 aliphatic heterocycles. The van der Waals surface area contributed by atoms with Crippen LogP contribution in [-0.2, 0) is 0 Å². The maximum absolute atomic E-state index is 12.5. The highest BCUT2D eigenvalue weighted by atomic mass is 16.5. The summed E-state index contributed by atoms with van der Waals surface area (Å²) in [5.74, 6) is 2.97. The SMILES string of the molecule is Cc1nccn1-c1cc(NC(=O)c2ccc(Oc3ccccc3)cc2)ncn1. The number of para-hydroxylation sites is 1. The average Bonchev–Trinajstić information content (AvgIpc) is 3.15. The van der Waals surface area contributed by atoms with Gasteiger partial charge in [-0.1, -0.05) is 18.2 Å². The molecule has 28 heavy (non-hydrogen) atoms. The first-order chi connectivity index (χ1) is 13.7. The van der Waals surface area contributed by atoms with Crippen molar-refractivity contribution in [1.29, 1.82) is 0 Å². The number of nitrogens with one attached hydrogen (secondary N) is 1. The van der Waals surface area contributed by atoms with E-state index in [-0.39, 0.29) is 5.91 Å². The van der Waals surface area contributed by atoms with E-state index in [4.69, 9.17) is 4.74 Å². The van der Waals surface area contributed by atoms with Crippen molar-refractivity contribution in [3.63, 3.8) is 0 Å². The normalized spacial score (nSPS) is 10.5. The molecule has 138 valence electrons. The number of amides is 1. The number of aryl methyl sites for hydroxylation is 1. The number of aromatic nitrogens is 4. The monoisotopic (exact) mass is 371 g/mol. The molecule has 0 radical (unpaired) electrons. The van der Waals surface area contributed by atoms with E-state index in [1.165, 1.54) is 6.33 Å². The van der Waals surface area contributed by atoms with Gasteiger partial charge >= 0.3 is 0 Å². The molecule has 0 unspecified atom stereocenters. The van der Waals surface area contributed by atoms with E-state index in [1.54, 1.807) is 42.7 Å². The van der Waals surface area contributed by atoms with Gasteiger partial charge in [0.15, 0.2) is 0 Å². The van der Waals surface area contributed by atoms with Crippen LogP contribution in [0.1, 0.15) is 16.2 Å². The summed E-state index contributed by atoms with van der Waals surface area (Å²) in [5.41, 5.74) is 0.499. The van der Waals surface area contributed by atoms with Crippen molar-refractivity contribution >= 4 is 11.7 Å². The fourth-order valence-electron chi connectivity index (χ4n) is 2.65. The van der Waals surface area contributed by atoms with Gasteiger partial charge < -0.3 is 10.1 Å². The maximum atomic E-state index is 12.5. The molecule has 0 atom stereocenters. The predicted octanol–water partition coefficient (Wildman–Crippen LogP) is 4.02. The van der Waals surface area contributed by atoms with Crippen molar-refractivity contribution < 1.29 is 9.53 Å². The Balaban J connectivity index is 1.46. The number of imidazole rings is 1. The first-order valence-corrected chi connectivity index (χ1v) is 8.66. The number of ether oxygens (including phenoxy) is 1. The van der Waals surface area contributed by atoms with E-state index in [1.807, 2.05) is 41.8 Å². The van der Waals surface area contributed by atoms with Gasteiger partial charge in [-0.2, -0.15) is 0 Å². The molecular weight excluding hydrogens is 354 g/mol. The van der Waals surface area contributed by atoms with Gasteiger partial charge in [0, 0.05) is 24.0 Å². The van der Waals surface area contributed by atoms with Crippen LogP contribution < -0.4 is 10.1 Å². The Bertz CT molecular complexity index is 1090. The lowest BCUT2D eigenvalue weighted by Gasteiger charge is -2.09. The van der Waals surface area contributed by atoms with Crippen molar-refractivity contribution in [2.75, 3.05) is 5.32 Å². The van der Waals surface area contributed by atoms with Crippen molar-refractivity contribution in [3.8, 4) is 17.3 Å². The lowest BCUT2D eigenvalue weighted by atomic mass is 10.2. The highest BCUT2D eigenvalue weighted by molar-refractivity contribution is 6.03. The molecule has 4 rings (SSSR count). The smallest absolute Gasteiger partial charge is 0.256 e. The Morgan fingerprint density at radius 1 is 0.964 bits per heavy atom. The molecule has 2 heterocycles. The van der Waals surface area contributed by atoms with Gasteiger partial charge in [0.2, 0.25) is 0 Å². The highest BCUT2D eigenvalue weighted by Gasteiger charge is 2.09. The van der Waals surface area contributed by atoms with E-state index >= 15 is 0 Å². The topological polar surface area (TPSA) is 81.9 Å². The molecule has 1 N–H and O–H groups in total. The largest absolute Gasteiger partial charge is 0.457 e. The zero-order valence-electron chi connectivity index (χ0n) is 15.1. The standard InChI is InChI=1S/C21H17N5O2/c1-15-22-11-12-26(15)20-13-19(23-14-24-20)25-21(27)16-7-9-18(10-8-16)28-17-5-3-2-4-6-17/h2-14H,1H3,(H,23,24,25,27). The molecule has 2 aromatic carbocycles. The Labute approximate surface area is 161 Å². The fourth-order valence-corrected chi connectivity index (χ4v) is 2.65. The molecular formula is C21H17N5O2. The molecule has 4 aromatic rings. The Kier molecular flexibility index (Phi) is 4.79.